The molecule has 2 rings (SSSR count). The zero-order chi connectivity index (χ0) is 15.6. The number of imidazole rings is 1. The summed E-state index contributed by atoms with van der Waals surface area (Å²) in [5.74, 6) is 0.317. The molecule has 1 aliphatic carbocycles. The lowest BCUT2D eigenvalue weighted by Crippen LogP contribution is -2.39. The lowest BCUT2D eigenvalue weighted by molar-refractivity contribution is 0.159. The summed E-state index contributed by atoms with van der Waals surface area (Å²) in [5, 5.41) is 9.28. The van der Waals surface area contributed by atoms with Crippen molar-refractivity contribution in [1.29, 1.82) is 0 Å². The molecular weight excluding hydrogens is 290 g/mol. The topological polar surface area (TPSA) is 75.4 Å². The van der Waals surface area contributed by atoms with Crippen LogP contribution >= 0.6 is 0 Å². The number of aromatic nitrogens is 2. The smallest absolute Gasteiger partial charge is 0.262 e. The van der Waals surface area contributed by atoms with Crippen LogP contribution in [0.4, 0.5) is 0 Å². The van der Waals surface area contributed by atoms with Gasteiger partial charge in [-0.15, -0.1) is 0 Å². The molecule has 1 N–H and O–H groups in total. The van der Waals surface area contributed by atoms with Crippen LogP contribution in [0, 0.1) is 5.92 Å². The zero-order valence-electron chi connectivity index (χ0n) is 12.9. The Morgan fingerprint density at radius 1 is 1.38 bits per heavy atom. The van der Waals surface area contributed by atoms with Gasteiger partial charge in [0.2, 0.25) is 0 Å². The van der Waals surface area contributed by atoms with Gasteiger partial charge in [-0.2, -0.15) is 4.31 Å². The molecule has 7 heteroatoms. The molecule has 0 aromatic carbocycles. The molecule has 21 heavy (non-hydrogen) atoms. The number of sulfonamides is 1. The van der Waals surface area contributed by atoms with Gasteiger partial charge in [0.1, 0.15) is 0 Å². The summed E-state index contributed by atoms with van der Waals surface area (Å²) in [4.78, 5) is 4.05. The molecule has 0 atom stereocenters. The molecule has 1 heterocycles. The third-order valence-corrected chi connectivity index (χ3v) is 6.20. The van der Waals surface area contributed by atoms with Gasteiger partial charge < -0.3 is 9.67 Å². The maximum absolute atomic E-state index is 12.6. The second-order valence-electron chi connectivity index (χ2n) is 6.13. The second-order valence-corrected chi connectivity index (χ2v) is 8.08. The Labute approximate surface area is 126 Å². The largest absolute Gasteiger partial charge is 0.396 e. The predicted octanol–water partition coefficient (Wildman–Crippen LogP) is 1.64. The van der Waals surface area contributed by atoms with Crippen molar-refractivity contribution in [3.63, 3.8) is 0 Å². The van der Waals surface area contributed by atoms with Crippen LogP contribution in [0.2, 0.25) is 0 Å². The third kappa shape index (κ3) is 3.46. The number of aliphatic hydroxyl groups is 1. The molecule has 0 amide bonds. The molecule has 0 bridgehead atoms. The van der Waals surface area contributed by atoms with Gasteiger partial charge in [0.15, 0.2) is 5.03 Å². The van der Waals surface area contributed by atoms with E-state index in [9.17, 15) is 8.42 Å². The Morgan fingerprint density at radius 3 is 2.48 bits per heavy atom. The molecule has 1 fully saturated rings. The minimum Gasteiger partial charge on any atom is -0.396 e. The van der Waals surface area contributed by atoms with Gasteiger partial charge >= 0.3 is 0 Å². The lowest BCUT2D eigenvalue weighted by Gasteiger charge is -2.32. The summed E-state index contributed by atoms with van der Waals surface area (Å²) < 4.78 is 28.5. The predicted molar refractivity (Wildman–Crippen MR) is 80.4 cm³/mol. The molecule has 1 aromatic heterocycles. The average Bonchev–Trinajstić information content (AvgIpc) is 2.97. The van der Waals surface area contributed by atoms with E-state index in [-0.39, 0.29) is 23.7 Å². The van der Waals surface area contributed by atoms with Gasteiger partial charge in [0.05, 0.1) is 6.33 Å². The Kier molecular flexibility index (Phi) is 5.06. The van der Waals surface area contributed by atoms with Crippen molar-refractivity contribution in [1.82, 2.24) is 13.9 Å². The van der Waals surface area contributed by atoms with E-state index >= 15 is 0 Å². The zero-order valence-corrected chi connectivity index (χ0v) is 13.8. The van der Waals surface area contributed by atoms with E-state index in [2.05, 4.69) is 4.98 Å². The summed E-state index contributed by atoms with van der Waals surface area (Å²) in [5.41, 5.74) is 0. The van der Waals surface area contributed by atoms with Gasteiger partial charge in [-0.1, -0.05) is 0 Å². The Hall–Kier alpha value is -0.920. The molecule has 0 saturated heterocycles. The highest BCUT2D eigenvalue weighted by atomic mass is 32.2. The first-order chi connectivity index (χ1) is 9.86. The van der Waals surface area contributed by atoms with E-state index in [4.69, 9.17) is 5.11 Å². The fraction of sp³-hybridized carbons (Fsp3) is 0.786. The quantitative estimate of drug-likeness (QED) is 0.896. The summed E-state index contributed by atoms with van der Waals surface area (Å²) >= 11 is 0. The van der Waals surface area contributed by atoms with Gasteiger partial charge in [-0.3, -0.25) is 0 Å². The molecule has 0 spiro atoms. The lowest BCUT2D eigenvalue weighted by atomic mass is 9.87. The highest BCUT2D eigenvalue weighted by Crippen LogP contribution is 2.29. The molecule has 6 nitrogen and oxygen atoms in total. The highest BCUT2D eigenvalue weighted by molar-refractivity contribution is 7.89. The van der Waals surface area contributed by atoms with Crippen LogP contribution in [0.15, 0.2) is 17.6 Å². The van der Waals surface area contributed by atoms with Gasteiger partial charge in [0, 0.05) is 31.9 Å². The summed E-state index contributed by atoms with van der Waals surface area (Å²) in [6.45, 7) is 4.16. The normalized spacial score (nSPS) is 23.9. The Morgan fingerprint density at radius 2 is 2.00 bits per heavy atom. The van der Waals surface area contributed by atoms with Gasteiger partial charge in [-0.25, -0.2) is 13.4 Å². The van der Waals surface area contributed by atoms with Gasteiger partial charge in [-0.05, 0) is 45.4 Å². The van der Waals surface area contributed by atoms with Crippen molar-refractivity contribution in [2.75, 3.05) is 13.7 Å². The van der Waals surface area contributed by atoms with E-state index in [1.54, 1.807) is 24.1 Å². The molecule has 0 unspecified atom stereocenters. The van der Waals surface area contributed by atoms with Crippen LogP contribution in [0.1, 0.15) is 45.6 Å². The number of aliphatic hydroxyl groups excluding tert-OH is 1. The second kappa shape index (κ2) is 6.46. The number of hydrogen-bond donors (Lipinski definition) is 1. The number of nitrogens with zero attached hydrogens (tertiary/aromatic N) is 3. The van der Waals surface area contributed by atoms with Crippen LogP contribution in [0.3, 0.4) is 0 Å². The Balaban J connectivity index is 2.11. The van der Waals surface area contributed by atoms with Crippen LogP contribution < -0.4 is 0 Å². The van der Waals surface area contributed by atoms with Crippen molar-refractivity contribution in [2.45, 2.75) is 56.6 Å². The van der Waals surface area contributed by atoms with E-state index in [0.717, 1.165) is 25.7 Å². The molecular formula is C14H25N3O3S. The van der Waals surface area contributed by atoms with E-state index < -0.39 is 10.0 Å². The van der Waals surface area contributed by atoms with Crippen molar-refractivity contribution in [3.05, 3.63) is 12.5 Å². The maximum atomic E-state index is 12.6. The Bertz CT molecular complexity index is 560. The SMILES string of the molecule is CC(C)n1cnc(S(=O)(=O)N(C)C2CCC(CO)CC2)c1. The van der Waals surface area contributed by atoms with Crippen LogP contribution in [0.25, 0.3) is 0 Å². The van der Waals surface area contributed by atoms with Crippen LogP contribution in [-0.2, 0) is 10.0 Å². The molecule has 1 saturated carbocycles. The highest BCUT2D eigenvalue weighted by Gasteiger charge is 2.32. The maximum Gasteiger partial charge on any atom is 0.262 e. The van der Waals surface area contributed by atoms with Crippen molar-refractivity contribution >= 4 is 10.0 Å². The molecule has 0 aliphatic heterocycles. The van der Waals surface area contributed by atoms with E-state index in [1.165, 1.54) is 4.31 Å². The average molecular weight is 315 g/mol. The molecule has 1 aliphatic rings. The first-order valence-electron chi connectivity index (χ1n) is 7.48. The van der Waals surface area contributed by atoms with Crippen molar-refractivity contribution in [2.24, 2.45) is 5.92 Å². The van der Waals surface area contributed by atoms with E-state index in [0.29, 0.717) is 5.92 Å². The number of hydrogen-bond acceptors (Lipinski definition) is 4. The van der Waals surface area contributed by atoms with Crippen LogP contribution in [-0.4, -0.2) is 47.1 Å². The fourth-order valence-corrected chi connectivity index (χ4v) is 4.10. The first kappa shape index (κ1) is 16.5. The van der Waals surface area contributed by atoms with Crippen molar-refractivity contribution < 1.29 is 13.5 Å². The van der Waals surface area contributed by atoms with Crippen LogP contribution in [0.5, 0.6) is 0 Å². The summed E-state index contributed by atoms with van der Waals surface area (Å²) in [6, 6.07) is 0.189. The fourth-order valence-electron chi connectivity index (χ4n) is 2.77. The van der Waals surface area contributed by atoms with Crippen molar-refractivity contribution in [3.8, 4) is 0 Å². The monoisotopic (exact) mass is 315 g/mol. The molecule has 0 radical (unpaired) electrons. The summed E-state index contributed by atoms with van der Waals surface area (Å²) in [6.07, 6.45) is 6.50. The minimum atomic E-state index is -3.54. The summed E-state index contributed by atoms with van der Waals surface area (Å²) in [7, 11) is -1.90. The van der Waals surface area contributed by atoms with Gasteiger partial charge in [0.25, 0.3) is 10.0 Å². The minimum absolute atomic E-state index is 0.00185. The number of rotatable bonds is 5. The first-order valence-corrected chi connectivity index (χ1v) is 8.92. The third-order valence-electron chi connectivity index (χ3n) is 4.41. The molecule has 1 aromatic rings. The molecule has 120 valence electrons. The van der Waals surface area contributed by atoms with E-state index in [1.807, 2.05) is 13.8 Å². The standard InChI is InChI=1S/C14H25N3O3S/c1-11(2)17-8-14(15-10-17)21(19,20)16(3)13-6-4-12(9-18)5-7-13/h8,10-13,18H,4-7,9H2,1-3H3.